The summed E-state index contributed by atoms with van der Waals surface area (Å²) >= 11 is 0. The van der Waals surface area contributed by atoms with Crippen molar-refractivity contribution in [3.8, 4) is 11.4 Å². The molecule has 2 atom stereocenters. The summed E-state index contributed by atoms with van der Waals surface area (Å²) in [6.07, 6.45) is -2.58. The molecule has 8 nitrogen and oxygen atoms in total. The quantitative estimate of drug-likeness (QED) is 0.139. The van der Waals surface area contributed by atoms with Gasteiger partial charge in [0.15, 0.2) is 14.1 Å². The van der Waals surface area contributed by atoms with Crippen LogP contribution in [0.25, 0.3) is 22.2 Å². The van der Waals surface area contributed by atoms with Crippen LogP contribution in [0.3, 0.4) is 0 Å². The molecule has 2 heterocycles. The van der Waals surface area contributed by atoms with Crippen molar-refractivity contribution in [3.63, 3.8) is 0 Å². The lowest BCUT2D eigenvalue weighted by atomic mass is 10.1. The number of alkyl carbamates (subject to hydrolysis) is 1. The fraction of sp³-hybridized carbons (Fsp3) is 0.394. The molecule has 0 saturated carbocycles. The highest BCUT2D eigenvalue weighted by Gasteiger charge is 2.40. The van der Waals surface area contributed by atoms with Crippen LogP contribution in [0.5, 0.6) is 0 Å². The van der Waals surface area contributed by atoms with Crippen molar-refractivity contribution in [2.45, 2.75) is 83.7 Å². The molecule has 2 aromatic carbocycles. The van der Waals surface area contributed by atoms with Crippen LogP contribution in [0.4, 0.5) is 22.4 Å². The molecule has 0 fully saturated rings. The average molecular weight is 659 g/mol. The number of ether oxygens (including phenoxy) is 1. The molecule has 46 heavy (non-hydrogen) atoms. The molecule has 0 radical (unpaired) electrons. The second kappa shape index (κ2) is 13.7. The summed E-state index contributed by atoms with van der Waals surface area (Å²) in [6, 6.07) is 12.9. The van der Waals surface area contributed by atoms with E-state index in [2.05, 4.69) is 49.1 Å². The lowest BCUT2D eigenvalue weighted by molar-refractivity contribution is -0.138. The Labute approximate surface area is 265 Å². The number of fused-ring (bicyclic) bond motifs is 1. The minimum atomic E-state index is -4.63. The van der Waals surface area contributed by atoms with E-state index in [1.54, 1.807) is 12.3 Å². The Bertz CT molecular complexity index is 1720. The Kier molecular flexibility index (Phi) is 10.4. The minimum Gasteiger partial charge on any atom is -0.445 e. The van der Waals surface area contributed by atoms with Gasteiger partial charge < -0.3 is 19.0 Å². The van der Waals surface area contributed by atoms with Crippen LogP contribution in [0, 0.1) is 5.82 Å². The van der Waals surface area contributed by atoms with Gasteiger partial charge in [0, 0.05) is 25.1 Å². The molecule has 1 N–H and O–H groups in total. The van der Waals surface area contributed by atoms with E-state index in [1.807, 2.05) is 37.3 Å². The molecular formula is C33H38F4N4O4Si. The standard InChI is InChI=1S/C33H38F4N4O4Si/c1-21(40-31(43)44-20-22-10-8-7-9-11-22)28(45-46(5,6)32(2,3)4)13-15-41-14-12-23-16-26(27(34)17-25(23)30(41)42)29-38-18-24(19-39-29)33(35,36)37/h7-12,14,16-19,21,28H,13,15,20H2,1-6H3,(H,40,43)/t21-,28-/m0/s1. The first-order valence-corrected chi connectivity index (χ1v) is 17.7. The minimum absolute atomic E-state index is 0.0909. The number of hydrogen-bond donors (Lipinski definition) is 1. The third-order valence-electron chi connectivity index (χ3n) is 8.31. The Balaban J connectivity index is 1.53. The third-order valence-corrected chi connectivity index (χ3v) is 12.8. The number of benzene rings is 2. The van der Waals surface area contributed by atoms with Crippen LogP contribution < -0.4 is 10.9 Å². The molecule has 0 aliphatic rings. The molecule has 2 aromatic heterocycles. The smallest absolute Gasteiger partial charge is 0.419 e. The molecule has 4 aromatic rings. The van der Waals surface area contributed by atoms with Crippen molar-refractivity contribution in [1.29, 1.82) is 0 Å². The summed E-state index contributed by atoms with van der Waals surface area (Å²) in [7, 11) is -2.31. The van der Waals surface area contributed by atoms with Crippen LogP contribution in [0.15, 0.2) is 71.9 Å². The summed E-state index contributed by atoms with van der Waals surface area (Å²) in [6.45, 7) is 12.7. The maximum atomic E-state index is 15.1. The summed E-state index contributed by atoms with van der Waals surface area (Å²) in [5, 5.41) is 3.22. The predicted molar refractivity (Wildman–Crippen MR) is 170 cm³/mol. The number of rotatable bonds is 10. The fourth-order valence-corrected chi connectivity index (χ4v) is 5.98. The van der Waals surface area contributed by atoms with Crippen LogP contribution in [-0.4, -0.2) is 41.1 Å². The Hall–Kier alpha value is -4.10. The SMILES string of the molecule is C[C@H](NC(=O)OCc1ccccc1)[C@H](CCn1ccc2cc(-c3ncc(C(F)(F)F)cn3)c(F)cc2c1=O)O[Si](C)(C)C(C)(C)C. The van der Waals surface area contributed by atoms with E-state index in [0.717, 1.165) is 11.6 Å². The van der Waals surface area contributed by atoms with Crippen LogP contribution in [0.1, 0.15) is 45.2 Å². The molecule has 0 aliphatic heterocycles. The molecule has 0 aliphatic carbocycles. The molecule has 246 valence electrons. The second-order valence-electron chi connectivity index (χ2n) is 12.7. The number of carbonyl (C=O) groups excluding carboxylic acids is 1. The van der Waals surface area contributed by atoms with E-state index in [1.165, 1.54) is 10.6 Å². The zero-order valence-electron chi connectivity index (χ0n) is 26.6. The van der Waals surface area contributed by atoms with Gasteiger partial charge in [-0.2, -0.15) is 13.2 Å². The normalized spacial score (nSPS) is 13.8. The first kappa shape index (κ1) is 34.8. The molecular weight excluding hydrogens is 620 g/mol. The molecule has 4 rings (SSSR count). The Morgan fingerprint density at radius 1 is 1.04 bits per heavy atom. The topological polar surface area (TPSA) is 95.3 Å². The predicted octanol–water partition coefficient (Wildman–Crippen LogP) is 7.71. The molecule has 0 spiro atoms. The number of hydrogen-bond acceptors (Lipinski definition) is 6. The number of nitrogens with one attached hydrogen (secondary N) is 1. The molecule has 13 heteroatoms. The van der Waals surface area contributed by atoms with Gasteiger partial charge in [0.25, 0.3) is 5.56 Å². The van der Waals surface area contributed by atoms with Gasteiger partial charge in [0.05, 0.1) is 28.7 Å². The van der Waals surface area contributed by atoms with Gasteiger partial charge in [-0.05, 0) is 60.6 Å². The van der Waals surface area contributed by atoms with Gasteiger partial charge in [0.2, 0.25) is 0 Å². The Morgan fingerprint density at radius 3 is 2.30 bits per heavy atom. The summed E-state index contributed by atoms with van der Waals surface area (Å²) in [5.41, 5.74) is -0.777. The summed E-state index contributed by atoms with van der Waals surface area (Å²) < 4.78 is 67.4. The van der Waals surface area contributed by atoms with Gasteiger partial charge in [0.1, 0.15) is 12.4 Å². The third kappa shape index (κ3) is 8.38. The summed E-state index contributed by atoms with van der Waals surface area (Å²) in [4.78, 5) is 33.4. The van der Waals surface area contributed by atoms with E-state index >= 15 is 4.39 Å². The second-order valence-corrected chi connectivity index (χ2v) is 17.5. The number of amides is 1. The highest BCUT2D eigenvalue weighted by Crippen LogP contribution is 2.38. The van der Waals surface area contributed by atoms with E-state index in [0.29, 0.717) is 24.2 Å². The highest BCUT2D eigenvalue weighted by molar-refractivity contribution is 6.74. The van der Waals surface area contributed by atoms with Crippen LogP contribution >= 0.6 is 0 Å². The number of carbonyl (C=O) groups is 1. The number of aryl methyl sites for hydroxylation is 1. The van der Waals surface area contributed by atoms with Crippen molar-refractivity contribution in [1.82, 2.24) is 19.9 Å². The first-order valence-electron chi connectivity index (χ1n) is 14.8. The largest absolute Gasteiger partial charge is 0.445 e. The lowest BCUT2D eigenvalue weighted by Gasteiger charge is -2.41. The number of alkyl halides is 3. The zero-order chi connectivity index (χ0) is 33.9. The van der Waals surface area contributed by atoms with E-state index in [9.17, 15) is 22.8 Å². The number of nitrogens with zero attached hydrogens (tertiary/aromatic N) is 3. The molecule has 0 unspecified atom stereocenters. The zero-order valence-corrected chi connectivity index (χ0v) is 27.6. The van der Waals surface area contributed by atoms with Crippen LogP contribution in [0.2, 0.25) is 18.1 Å². The monoisotopic (exact) mass is 658 g/mol. The van der Waals surface area contributed by atoms with Crippen molar-refractivity contribution in [3.05, 3.63) is 94.4 Å². The van der Waals surface area contributed by atoms with Gasteiger partial charge in [-0.25, -0.2) is 19.2 Å². The van der Waals surface area contributed by atoms with Crippen molar-refractivity contribution in [2.24, 2.45) is 0 Å². The molecule has 0 saturated heterocycles. The highest BCUT2D eigenvalue weighted by atomic mass is 28.4. The average Bonchev–Trinajstić information content (AvgIpc) is 2.98. The van der Waals surface area contributed by atoms with Crippen molar-refractivity contribution < 1.29 is 31.5 Å². The summed E-state index contributed by atoms with van der Waals surface area (Å²) in [5.74, 6) is -1.07. The van der Waals surface area contributed by atoms with E-state index < -0.39 is 49.7 Å². The number of halogens is 4. The van der Waals surface area contributed by atoms with E-state index in [-0.39, 0.29) is 35.0 Å². The maximum absolute atomic E-state index is 15.1. The fourth-order valence-electron chi connectivity index (χ4n) is 4.54. The maximum Gasteiger partial charge on any atom is 0.419 e. The van der Waals surface area contributed by atoms with Gasteiger partial charge >= 0.3 is 12.3 Å². The van der Waals surface area contributed by atoms with Gasteiger partial charge in [-0.3, -0.25) is 4.79 Å². The van der Waals surface area contributed by atoms with Crippen molar-refractivity contribution in [2.75, 3.05) is 0 Å². The first-order chi connectivity index (χ1) is 21.5. The number of pyridine rings is 1. The lowest BCUT2D eigenvalue weighted by Crippen LogP contribution is -2.51. The van der Waals surface area contributed by atoms with Crippen LogP contribution in [-0.2, 0) is 28.5 Å². The van der Waals surface area contributed by atoms with Gasteiger partial charge in [-0.15, -0.1) is 0 Å². The molecule has 1 amide bonds. The Morgan fingerprint density at radius 2 is 1.70 bits per heavy atom. The van der Waals surface area contributed by atoms with Gasteiger partial charge in [-0.1, -0.05) is 51.1 Å². The number of aromatic nitrogens is 3. The van der Waals surface area contributed by atoms with Crippen molar-refractivity contribution >= 4 is 25.2 Å². The molecule has 0 bridgehead atoms. The van der Waals surface area contributed by atoms with E-state index in [4.69, 9.17) is 9.16 Å².